The summed E-state index contributed by atoms with van der Waals surface area (Å²) < 4.78 is 5.60. The monoisotopic (exact) mass is 296 g/mol. The number of hydrogen-bond acceptors (Lipinski definition) is 1. The molecule has 1 rings (SSSR count). The highest BCUT2D eigenvalue weighted by atomic mass is 79.9. The minimum absolute atomic E-state index is 0.103. The first-order valence-electron chi connectivity index (χ1n) is 4.25. The SMILES string of the molecule is CC(C)Oc1c(Cl)cc(Cl)cc1CBr. The number of benzene rings is 1. The largest absolute Gasteiger partial charge is 0.489 e. The highest BCUT2D eigenvalue weighted by molar-refractivity contribution is 9.08. The molecule has 0 aliphatic carbocycles. The molecule has 0 unspecified atom stereocenters. The molecular formula is C10H11BrCl2O. The van der Waals surface area contributed by atoms with Gasteiger partial charge in [-0.05, 0) is 26.0 Å². The van der Waals surface area contributed by atoms with Crippen LogP contribution in [-0.4, -0.2) is 6.10 Å². The first kappa shape index (κ1) is 12.2. The maximum atomic E-state index is 6.03. The number of hydrogen-bond donors (Lipinski definition) is 0. The van der Waals surface area contributed by atoms with Crippen molar-refractivity contribution in [2.75, 3.05) is 0 Å². The number of rotatable bonds is 3. The van der Waals surface area contributed by atoms with E-state index < -0.39 is 0 Å². The summed E-state index contributed by atoms with van der Waals surface area (Å²) in [4.78, 5) is 0. The van der Waals surface area contributed by atoms with E-state index in [0.717, 1.165) is 5.56 Å². The molecule has 0 aliphatic rings. The Balaban J connectivity index is 3.11. The van der Waals surface area contributed by atoms with Crippen molar-refractivity contribution < 1.29 is 4.74 Å². The van der Waals surface area contributed by atoms with Crippen LogP contribution in [0.25, 0.3) is 0 Å². The molecule has 1 aromatic rings. The topological polar surface area (TPSA) is 9.23 Å². The van der Waals surface area contributed by atoms with Gasteiger partial charge in [-0.2, -0.15) is 0 Å². The van der Waals surface area contributed by atoms with Crippen LogP contribution in [0.1, 0.15) is 19.4 Å². The highest BCUT2D eigenvalue weighted by Crippen LogP contribution is 2.34. The second-order valence-electron chi connectivity index (χ2n) is 3.18. The lowest BCUT2D eigenvalue weighted by atomic mass is 10.2. The van der Waals surface area contributed by atoms with E-state index in [-0.39, 0.29) is 6.10 Å². The van der Waals surface area contributed by atoms with E-state index in [1.807, 2.05) is 19.9 Å². The lowest BCUT2D eigenvalue weighted by Gasteiger charge is -2.15. The van der Waals surface area contributed by atoms with Crippen molar-refractivity contribution in [3.63, 3.8) is 0 Å². The number of ether oxygens (including phenoxy) is 1. The summed E-state index contributed by atoms with van der Waals surface area (Å²) in [6.45, 7) is 3.92. The van der Waals surface area contributed by atoms with E-state index in [1.54, 1.807) is 6.07 Å². The summed E-state index contributed by atoms with van der Waals surface area (Å²) in [6.07, 6.45) is 0.103. The second kappa shape index (κ2) is 5.24. The molecule has 0 amide bonds. The zero-order valence-corrected chi connectivity index (χ0v) is 11.1. The van der Waals surface area contributed by atoms with Crippen molar-refractivity contribution in [3.8, 4) is 5.75 Å². The molecule has 0 N–H and O–H groups in total. The molecule has 78 valence electrons. The Labute approximate surface area is 102 Å². The summed E-state index contributed by atoms with van der Waals surface area (Å²) in [5, 5.41) is 1.86. The van der Waals surface area contributed by atoms with Gasteiger partial charge >= 0.3 is 0 Å². The molecule has 0 bridgehead atoms. The molecule has 0 saturated heterocycles. The summed E-state index contributed by atoms with van der Waals surface area (Å²) in [7, 11) is 0. The molecule has 0 fully saturated rings. The van der Waals surface area contributed by atoms with Gasteiger partial charge in [0.15, 0.2) is 0 Å². The fourth-order valence-electron chi connectivity index (χ4n) is 1.08. The quantitative estimate of drug-likeness (QED) is 0.736. The zero-order valence-electron chi connectivity index (χ0n) is 7.98. The van der Waals surface area contributed by atoms with E-state index in [2.05, 4.69) is 15.9 Å². The van der Waals surface area contributed by atoms with Gasteiger partial charge in [0, 0.05) is 15.9 Å². The summed E-state index contributed by atoms with van der Waals surface area (Å²) in [5.74, 6) is 0.711. The maximum Gasteiger partial charge on any atom is 0.142 e. The molecule has 1 nitrogen and oxygen atoms in total. The first-order valence-corrected chi connectivity index (χ1v) is 6.13. The molecule has 0 radical (unpaired) electrons. The van der Waals surface area contributed by atoms with Gasteiger partial charge in [-0.1, -0.05) is 39.1 Å². The Morgan fingerprint density at radius 2 is 2.00 bits per heavy atom. The third-order valence-corrected chi connectivity index (χ3v) is 2.69. The molecule has 14 heavy (non-hydrogen) atoms. The average Bonchev–Trinajstić information content (AvgIpc) is 2.08. The zero-order chi connectivity index (χ0) is 10.7. The molecule has 0 aromatic heterocycles. The van der Waals surface area contributed by atoms with E-state index in [9.17, 15) is 0 Å². The van der Waals surface area contributed by atoms with Crippen LogP contribution < -0.4 is 4.74 Å². The third-order valence-electron chi connectivity index (χ3n) is 1.58. The molecule has 0 atom stereocenters. The van der Waals surface area contributed by atoms with Crippen LogP contribution in [0, 0.1) is 0 Å². The fraction of sp³-hybridized carbons (Fsp3) is 0.400. The predicted molar refractivity (Wildman–Crippen MR) is 64.9 cm³/mol. The number of alkyl halides is 1. The lowest BCUT2D eigenvalue weighted by Crippen LogP contribution is -2.07. The Morgan fingerprint density at radius 3 is 2.50 bits per heavy atom. The smallest absolute Gasteiger partial charge is 0.142 e. The Hall–Kier alpha value is 0.0800. The Kier molecular flexibility index (Phi) is 4.55. The van der Waals surface area contributed by atoms with Crippen molar-refractivity contribution in [3.05, 3.63) is 27.7 Å². The molecule has 4 heteroatoms. The van der Waals surface area contributed by atoms with E-state index in [0.29, 0.717) is 21.1 Å². The summed E-state index contributed by atoms with van der Waals surface area (Å²) in [6, 6.07) is 3.53. The minimum Gasteiger partial charge on any atom is -0.489 e. The van der Waals surface area contributed by atoms with E-state index in [4.69, 9.17) is 27.9 Å². The molecule has 0 heterocycles. The first-order chi connectivity index (χ1) is 6.54. The van der Waals surface area contributed by atoms with Crippen LogP contribution in [0.2, 0.25) is 10.0 Å². The molecular weight excluding hydrogens is 287 g/mol. The normalized spacial score (nSPS) is 10.7. The average molecular weight is 298 g/mol. The van der Waals surface area contributed by atoms with Crippen molar-refractivity contribution in [2.24, 2.45) is 0 Å². The van der Waals surface area contributed by atoms with Crippen LogP contribution in [0.15, 0.2) is 12.1 Å². The van der Waals surface area contributed by atoms with Crippen LogP contribution in [0.4, 0.5) is 0 Å². The molecule has 0 aliphatic heterocycles. The lowest BCUT2D eigenvalue weighted by molar-refractivity contribution is 0.241. The summed E-state index contributed by atoms with van der Waals surface area (Å²) >= 11 is 15.3. The van der Waals surface area contributed by atoms with Crippen molar-refractivity contribution in [2.45, 2.75) is 25.3 Å². The highest BCUT2D eigenvalue weighted by Gasteiger charge is 2.10. The van der Waals surface area contributed by atoms with Crippen molar-refractivity contribution in [1.29, 1.82) is 0 Å². The van der Waals surface area contributed by atoms with Gasteiger partial charge in [0.05, 0.1) is 11.1 Å². The van der Waals surface area contributed by atoms with E-state index >= 15 is 0 Å². The van der Waals surface area contributed by atoms with Crippen LogP contribution in [0.3, 0.4) is 0 Å². The van der Waals surface area contributed by atoms with Gasteiger partial charge < -0.3 is 4.74 Å². The Morgan fingerprint density at radius 1 is 1.36 bits per heavy atom. The second-order valence-corrected chi connectivity index (χ2v) is 4.58. The molecule has 1 aromatic carbocycles. The van der Waals surface area contributed by atoms with Gasteiger partial charge in [-0.3, -0.25) is 0 Å². The van der Waals surface area contributed by atoms with Crippen LogP contribution >= 0.6 is 39.1 Å². The van der Waals surface area contributed by atoms with Crippen molar-refractivity contribution >= 4 is 39.1 Å². The van der Waals surface area contributed by atoms with Gasteiger partial charge in [-0.15, -0.1) is 0 Å². The van der Waals surface area contributed by atoms with Crippen LogP contribution in [0.5, 0.6) is 5.75 Å². The predicted octanol–water partition coefficient (Wildman–Crippen LogP) is 4.68. The van der Waals surface area contributed by atoms with Crippen molar-refractivity contribution in [1.82, 2.24) is 0 Å². The Bertz CT molecular complexity index is 326. The molecule has 0 spiro atoms. The number of halogens is 3. The standard InChI is InChI=1S/C10H11BrCl2O/c1-6(2)14-10-7(5-11)3-8(12)4-9(10)13/h3-4,6H,5H2,1-2H3. The van der Waals surface area contributed by atoms with E-state index in [1.165, 1.54) is 0 Å². The molecule has 0 saturated carbocycles. The van der Waals surface area contributed by atoms with Gasteiger partial charge in [0.1, 0.15) is 5.75 Å². The van der Waals surface area contributed by atoms with Crippen LogP contribution in [-0.2, 0) is 5.33 Å². The van der Waals surface area contributed by atoms with Gasteiger partial charge in [0.25, 0.3) is 0 Å². The third kappa shape index (κ3) is 3.04. The van der Waals surface area contributed by atoms with Gasteiger partial charge in [0.2, 0.25) is 0 Å². The fourth-order valence-corrected chi connectivity index (χ4v) is 2.08. The van der Waals surface area contributed by atoms with Gasteiger partial charge in [-0.25, -0.2) is 0 Å². The summed E-state index contributed by atoms with van der Waals surface area (Å²) in [5.41, 5.74) is 0.969. The maximum absolute atomic E-state index is 6.03. The minimum atomic E-state index is 0.103.